The van der Waals surface area contributed by atoms with Crippen LogP contribution in [0.2, 0.25) is 10.0 Å². The number of benzene rings is 2. The first-order chi connectivity index (χ1) is 15.2. The molecule has 1 saturated carbocycles. The van der Waals surface area contributed by atoms with Gasteiger partial charge in [-0.05, 0) is 68.2 Å². The van der Waals surface area contributed by atoms with Crippen LogP contribution in [-0.2, 0) is 16.6 Å². The number of fused-ring (bicyclic) bond motifs is 1. The third-order valence-corrected chi connectivity index (χ3v) is 8.18. The number of aliphatic hydroxyl groups is 1. The summed E-state index contributed by atoms with van der Waals surface area (Å²) in [6, 6.07) is 12.6. The van der Waals surface area contributed by atoms with E-state index in [1.54, 1.807) is 23.1 Å². The van der Waals surface area contributed by atoms with E-state index in [9.17, 15) is 15.0 Å². The molecule has 2 N–H and O–H groups in total. The number of rotatable bonds is 4. The van der Waals surface area contributed by atoms with Crippen molar-refractivity contribution in [2.75, 3.05) is 27.2 Å². The fourth-order valence-corrected chi connectivity index (χ4v) is 5.93. The lowest BCUT2D eigenvalue weighted by atomic mass is 9.57. The van der Waals surface area contributed by atoms with Crippen molar-refractivity contribution in [1.29, 1.82) is 0 Å². The van der Waals surface area contributed by atoms with Gasteiger partial charge in [-0.25, -0.2) is 0 Å². The molecule has 2 fully saturated rings. The quantitative estimate of drug-likeness (QED) is 0.696. The molecule has 4 unspecified atom stereocenters. The molecule has 2 aromatic carbocycles. The van der Waals surface area contributed by atoms with Gasteiger partial charge in [0.1, 0.15) is 5.75 Å². The highest BCUT2D eigenvalue weighted by molar-refractivity contribution is 6.42. The molecule has 1 aliphatic heterocycles. The lowest BCUT2D eigenvalue weighted by Gasteiger charge is -2.55. The lowest BCUT2D eigenvalue weighted by molar-refractivity contribution is -0.135. The molecule has 1 aliphatic carbocycles. The van der Waals surface area contributed by atoms with Gasteiger partial charge in [-0.1, -0.05) is 41.4 Å². The third-order valence-electron chi connectivity index (χ3n) is 7.44. The van der Waals surface area contributed by atoms with Gasteiger partial charge in [-0.15, -0.1) is 0 Å². The Balaban J connectivity index is 1.60. The Morgan fingerprint density at radius 3 is 2.72 bits per heavy atom. The summed E-state index contributed by atoms with van der Waals surface area (Å²) in [4.78, 5) is 17.2. The summed E-state index contributed by atoms with van der Waals surface area (Å²) in [5.74, 6) is 0.270. The SMILES string of the molecule is CN1CCC2(c3cccc(O)c3)CC(N(C)C(=O)Cc3ccc(Cl)c(Cl)c3)CC(O)C2C1. The van der Waals surface area contributed by atoms with Crippen molar-refractivity contribution in [3.05, 3.63) is 63.6 Å². The number of carbonyl (C=O) groups is 1. The van der Waals surface area contributed by atoms with Crippen molar-refractivity contribution >= 4 is 29.1 Å². The van der Waals surface area contributed by atoms with Gasteiger partial charge in [-0.2, -0.15) is 0 Å². The summed E-state index contributed by atoms with van der Waals surface area (Å²) in [5.41, 5.74) is 1.57. The number of phenols is 1. The molecular formula is C25H30Cl2N2O3. The number of hydrogen-bond acceptors (Lipinski definition) is 4. The van der Waals surface area contributed by atoms with Crippen LogP contribution in [0.15, 0.2) is 42.5 Å². The normalized spacial score (nSPS) is 28.2. The van der Waals surface area contributed by atoms with Crippen LogP contribution in [0.25, 0.3) is 0 Å². The Labute approximate surface area is 199 Å². The maximum absolute atomic E-state index is 13.1. The second-order valence-corrected chi connectivity index (χ2v) is 10.2. The Hall–Kier alpha value is -1.79. The average Bonchev–Trinajstić information content (AvgIpc) is 2.76. The molecule has 4 atom stereocenters. The van der Waals surface area contributed by atoms with E-state index >= 15 is 0 Å². The Morgan fingerprint density at radius 2 is 2.00 bits per heavy atom. The van der Waals surface area contributed by atoms with Gasteiger partial charge < -0.3 is 20.0 Å². The fourth-order valence-electron chi connectivity index (χ4n) is 5.61. The van der Waals surface area contributed by atoms with Crippen LogP contribution in [0, 0.1) is 5.92 Å². The first-order valence-corrected chi connectivity index (χ1v) is 11.8. The minimum absolute atomic E-state index is 0.0157. The number of likely N-dealkylation sites (tertiary alicyclic amines) is 1. The molecule has 2 aliphatic rings. The molecule has 0 aromatic heterocycles. The van der Waals surface area contributed by atoms with Crippen LogP contribution in [0.1, 0.15) is 30.4 Å². The van der Waals surface area contributed by atoms with E-state index in [0.29, 0.717) is 16.5 Å². The third kappa shape index (κ3) is 4.49. The van der Waals surface area contributed by atoms with E-state index < -0.39 is 6.10 Å². The van der Waals surface area contributed by atoms with E-state index in [2.05, 4.69) is 11.9 Å². The Bertz CT molecular complexity index is 1000. The van der Waals surface area contributed by atoms with E-state index in [-0.39, 0.29) is 35.5 Å². The largest absolute Gasteiger partial charge is 0.508 e. The van der Waals surface area contributed by atoms with Crippen molar-refractivity contribution in [2.45, 2.75) is 43.2 Å². The smallest absolute Gasteiger partial charge is 0.226 e. The zero-order valence-corrected chi connectivity index (χ0v) is 20.0. The second-order valence-electron chi connectivity index (χ2n) is 9.42. The van der Waals surface area contributed by atoms with Gasteiger partial charge in [0, 0.05) is 31.0 Å². The lowest BCUT2D eigenvalue weighted by Crippen LogP contribution is -2.60. The predicted molar refractivity (Wildman–Crippen MR) is 127 cm³/mol. The second kappa shape index (κ2) is 9.22. The van der Waals surface area contributed by atoms with Crippen LogP contribution in [0.5, 0.6) is 5.75 Å². The predicted octanol–water partition coefficient (Wildman–Crippen LogP) is 4.11. The average molecular weight is 477 g/mol. The van der Waals surface area contributed by atoms with Crippen molar-refractivity contribution in [1.82, 2.24) is 9.80 Å². The summed E-state index contributed by atoms with van der Waals surface area (Å²) < 4.78 is 0. The van der Waals surface area contributed by atoms with Crippen molar-refractivity contribution in [3.63, 3.8) is 0 Å². The standard InChI is InChI=1S/C25H30Cl2N2O3/c1-28-9-8-25(17-4-3-5-19(30)12-17)14-18(13-23(31)20(25)15-28)29(2)24(32)11-16-6-7-21(26)22(27)10-16/h3-7,10,12,18,20,23,30-31H,8-9,11,13-15H2,1-2H3. The van der Waals surface area contributed by atoms with Gasteiger partial charge in [0.15, 0.2) is 0 Å². The number of phenolic OH excluding ortho intramolecular Hbond substituents is 1. The maximum atomic E-state index is 13.1. The number of amides is 1. The molecule has 0 radical (unpaired) electrons. The van der Waals surface area contributed by atoms with Crippen molar-refractivity contribution in [2.24, 2.45) is 5.92 Å². The fraction of sp³-hybridized carbons (Fsp3) is 0.480. The van der Waals surface area contributed by atoms with Gasteiger partial charge in [-0.3, -0.25) is 4.79 Å². The monoisotopic (exact) mass is 476 g/mol. The number of piperidine rings is 1. The number of nitrogens with zero attached hydrogens (tertiary/aromatic N) is 2. The van der Waals surface area contributed by atoms with Crippen molar-refractivity contribution < 1.29 is 15.0 Å². The van der Waals surface area contributed by atoms with Gasteiger partial charge in [0.05, 0.1) is 22.6 Å². The molecule has 5 nitrogen and oxygen atoms in total. The topological polar surface area (TPSA) is 64.0 Å². The van der Waals surface area contributed by atoms with Gasteiger partial charge in [0.25, 0.3) is 0 Å². The summed E-state index contributed by atoms with van der Waals surface area (Å²) in [7, 11) is 3.90. The molecule has 1 saturated heterocycles. The van der Waals surface area contributed by atoms with Crippen LogP contribution < -0.4 is 0 Å². The molecule has 2 aromatic rings. The number of aliphatic hydroxyl groups excluding tert-OH is 1. The molecule has 7 heteroatoms. The van der Waals surface area contributed by atoms with Crippen LogP contribution in [-0.4, -0.2) is 65.3 Å². The molecule has 1 amide bonds. The van der Waals surface area contributed by atoms with Gasteiger partial charge in [0.2, 0.25) is 5.91 Å². The number of carbonyl (C=O) groups excluding carboxylic acids is 1. The highest BCUT2D eigenvalue weighted by atomic mass is 35.5. The minimum Gasteiger partial charge on any atom is -0.508 e. The molecule has 0 spiro atoms. The van der Waals surface area contributed by atoms with Crippen LogP contribution in [0.3, 0.4) is 0 Å². The molecule has 1 heterocycles. The maximum Gasteiger partial charge on any atom is 0.226 e. The number of halogens is 2. The highest BCUT2D eigenvalue weighted by Gasteiger charge is 2.52. The summed E-state index contributed by atoms with van der Waals surface area (Å²) in [5, 5.41) is 22.3. The molecule has 172 valence electrons. The van der Waals surface area contributed by atoms with E-state index in [1.165, 1.54) is 0 Å². The molecular weight excluding hydrogens is 447 g/mol. The molecule has 4 rings (SSSR count). The number of aromatic hydroxyl groups is 1. The molecule has 0 bridgehead atoms. The van der Waals surface area contributed by atoms with E-state index in [1.807, 2.05) is 31.3 Å². The summed E-state index contributed by atoms with van der Waals surface area (Å²) in [6.07, 6.45) is 1.88. The zero-order chi connectivity index (χ0) is 23.0. The first kappa shape index (κ1) is 23.4. The van der Waals surface area contributed by atoms with Crippen LogP contribution >= 0.6 is 23.2 Å². The van der Waals surface area contributed by atoms with E-state index in [0.717, 1.165) is 37.1 Å². The number of likely N-dealkylation sites (N-methyl/N-ethyl adjacent to an activating group) is 1. The van der Waals surface area contributed by atoms with E-state index in [4.69, 9.17) is 23.2 Å². The van der Waals surface area contributed by atoms with Crippen molar-refractivity contribution in [3.8, 4) is 5.75 Å². The highest BCUT2D eigenvalue weighted by Crippen LogP contribution is 2.50. The summed E-state index contributed by atoms with van der Waals surface area (Å²) in [6.45, 7) is 1.71. The van der Waals surface area contributed by atoms with Gasteiger partial charge >= 0.3 is 0 Å². The Morgan fingerprint density at radius 1 is 1.22 bits per heavy atom. The molecule has 32 heavy (non-hydrogen) atoms. The number of hydrogen-bond donors (Lipinski definition) is 2. The Kier molecular flexibility index (Phi) is 6.73. The summed E-state index contributed by atoms with van der Waals surface area (Å²) >= 11 is 12.1. The minimum atomic E-state index is -0.529. The first-order valence-electron chi connectivity index (χ1n) is 11.1. The van der Waals surface area contributed by atoms with Crippen LogP contribution in [0.4, 0.5) is 0 Å². The zero-order valence-electron chi connectivity index (χ0n) is 18.5.